The Morgan fingerprint density at radius 2 is 1.90 bits per heavy atom. The van der Waals surface area contributed by atoms with Crippen molar-refractivity contribution < 1.29 is 12.9 Å². The van der Waals surface area contributed by atoms with Crippen LogP contribution >= 0.6 is 11.3 Å². The molecule has 0 bridgehead atoms. The van der Waals surface area contributed by atoms with Crippen molar-refractivity contribution in [2.75, 3.05) is 0 Å². The Kier molecular flexibility index (Phi) is 4.04. The largest absolute Gasteiger partial charge is 0.356 e. The third kappa shape index (κ3) is 2.79. The molecule has 0 saturated carbocycles. The standard InChI is InChI=1S/C13H18N2O3S2/c1-7(2)15-20(16,17)13-10(5)19-9(4)12(13)11-6-8(3)14-18-11/h6-7,15H,1-5H3. The summed E-state index contributed by atoms with van der Waals surface area (Å²) in [5, 5.41) is 3.84. The number of hydrogen-bond acceptors (Lipinski definition) is 5. The molecule has 5 nitrogen and oxygen atoms in total. The average molecular weight is 314 g/mol. The van der Waals surface area contributed by atoms with Gasteiger partial charge in [0.15, 0.2) is 5.76 Å². The highest BCUT2D eigenvalue weighted by molar-refractivity contribution is 7.89. The molecule has 7 heteroatoms. The number of thiophene rings is 1. The van der Waals surface area contributed by atoms with E-state index in [1.54, 1.807) is 26.8 Å². The van der Waals surface area contributed by atoms with Crippen LogP contribution in [-0.4, -0.2) is 19.6 Å². The number of nitrogens with one attached hydrogen (secondary N) is 1. The Morgan fingerprint density at radius 3 is 2.40 bits per heavy atom. The predicted octanol–water partition coefficient (Wildman–Crippen LogP) is 3.02. The van der Waals surface area contributed by atoms with Crippen molar-refractivity contribution in [3.8, 4) is 11.3 Å². The number of aromatic nitrogens is 1. The highest BCUT2D eigenvalue weighted by atomic mass is 32.2. The Bertz CT molecular complexity index is 727. The summed E-state index contributed by atoms with van der Waals surface area (Å²) in [6.45, 7) is 9.09. The summed E-state index contributed by atoms with van der Waals surface area (Å²) in [4.78, 5) is 1.95. The van der Waals surface area contributed by atoms with E-state index < -0.39 is 10.0 Å². The molecule has 2 heterocycles. The molecule has 1 N–H and O–H groups in total. The normalized spacial score (nSPS) is 12.3. The molecule has 110 valence electrons. The van der Waals surface area contributed by atoms with E-state index >= 15 is 0 Å². The Hall–Kier alpha value is -1.18. The topological polar surface area (TPSA) is 72.2 Å². The summed E-state index contributed by atoms with van der Waals surface area (Å²) in [7, 11) is -3.57. The lowest BCUT2D eigenvalue weighted by Crippen LogP contribution is -2.30. The third-order valence-corrected chi connectivity index (χ3v) is 5.72. The number of hydrogen-bond donors (Lipinski definition) is 1. The zero-order chi connectivity index (χ0) is 15.1. The number of nitrogens with zero attached hydrogens (tertiary/aromatic N) is 1. The average Bonchev–Trinajstić information content (AvgIpc) is 2.80. The minimum atomic E-state index is -3.57. The van der Waals surface area contributed by atoms with Gasteiger partial charge in [-0.05, 0) is 34.6 Å². The predicted molar refractivity (Wildman–Crippen MR) is 79.5 cm³/mol. The van der Waals surface area contributed by atoms with E-state index in [1.165, 1.54) is 11.3 Å². The van der Waals surface area contributed by atoms with E-state index in [-0.39, 0.29) is 6.04 Å². The first kappa shape index (κ1) is 15.2. The van der Waals surface area contributed by atoms with Crippen LogP contribution in [0.5, 0.6) is 0 Å². The molecule has 0 aromatic carbocycles. The summed E-state index contributed by atoms with van der Waals surface area (Å²) >= 11 is 1.45. The van der Waals surface area contributed by atoms with Crippen LogP contribution in [0.2, 0.25) is 0 Å². The van der Waals surface area contributed by atoms with Crippen LogP contribution in [0.4, 0.5) is 0 Å². The minimum Gasteiger partial charge on any atom is -0.356 e. The molecule has 0 fully saturated rings. The zero-order valence-corrected chi connectivity index (χ0v) is 13.8. The summed E-state index contributed by atoms with van der Waals surface area (Å²) in [6.07, 6.45) is 0. The van der Waals surface area contributed by atoms with Gasteiger partial charge < -0.3 is 4.52 Å². The van der Waals surface area contributed by atoms with Gasteiger partial charge in [0.2, 0.25) is 10.0 Å². The molecule has 0 amide bonds. The van der Waals surface area contributed by atoms with Crippen molar-refractivity contribution in [3.05, 3.63) is 21.5 Å². The van der Waals surface area contributed by atoms with Gasteiger partial charge in [0.1, 0.15) is 4.90 Å². The van der Waals surface area contributed by atoms with Crippen LogP contribution in [0.3, 0.4) is 0 Å². The fourth-order valence-electron chi connectivity index (χ4n) is 2.12. The fourth-order valence-corrected chi connectivity index (χ4v) is 5.24. The van der Waals surface area contributed by atoms with Gasteiger partial charge in [0, 0.05) is 21.9 Å². The van der Waals surface area contributed by atoms with Crippen molar-refractivity contribution in [1.29, 1.82) is 0 Å². The van der Waals surface area contributed by atoms with Crippen molar-refractivity contribution in [1.82, 2.24) is 9.88 Å². The first-order valence-corrected chi connectivity index (χ1v) is 8.58. The zero-order valence-electron chi connectivity index (χ0n) is 12.1. The van der Waals surface area contributed by atoms with Gasteiger partial charge in [-0.15, -0.1) is 11.3 Å². The van der Waals surface area contributed by atoms with Crippen LogP contribution in [-0.2, 0) is 10.0 Å². The number of aryl methyl sites for hydroxylation is 3. The van der Waals surface area contributed by atoms with Crippen LogP contribution < -0.4 is 4.72 Å². The minimum absolute atomic E-state index is 0.163. The molecule has 0 saturated heterocycles. The lowest BCUT2D eigenvalue weighted by atomic mass is 10.2. The smallest absolute Gasteiger partial charge is 0.242 e. The Labute approximate surface area is 123 Å². The van der Waals surface area contributed by atoms with Gasteiger partial charge >= 0.3 is 0 Å². The molecule has 0 spiro atoms. The number of sulfonamides is 1. The first-order valence-electron chi connectivity index (χ1n) is 6.28. The highest BCUT2D eigenvalue weighted by Gasteiger charge is 2.28. The first-order chi connectivity index (χ1) is 9.22. The van der Waals surface area contributed by atoms with Crippen LogP contribution in [0, 0.1) is 20.8 Å². The van der Waals surface area contributed by atoms with Crippen LogP contribution in [0.15, 0.2) is 15.5 Å². The van der Waals surface area contributed by atoms with Crippen LogP contribution in [0.25, 0.3) is 11.3 Å². The maximum atomic E-state index is 12.5. The molecule has 0 aliphatic carbocycles. The van der Waals surface area contributed by atoms with Gasteiger partial charge in [-0.2, -0.15) is 0 Å². The molecule has 0 unspecified atom stereocenters. The van der Waals surface area contributed by atoms with Crippen molar-refractivity contribution in [3.63, 3.8) is 0 Å². The Balaban J connectivity index is 2.65. The van der Waals surface area contributed by atoms with Gasteiger partial charge in [-0.25, -0.2) is 13.1 Å². The molecular weight excluding hydrogens is 296 g/mol. The maximum absolute atomic E-state index is 12.5. The molecule has 0 radical (unpaired) electrons. The summed E-state index contributed by atoms with van der Waals surface area (Å²) in [5.41, 5.74) is 1.34. The monoisotopic (exact) mass is 314 g/mol. The molecule has 2 rings (SSSR count). The van der Waals surface area contributed by atoms with E-state index in [4.69, 9.17) is 4.52 Å². The Morgan fingerprint density at radius 1 is 1.25 bits per heavy atom. The number of rotatable bonds is 4. The van der Waals surface area contributed by atoms with Gasteiger partial charge in [0.25, 0.3) is 0 Å². The summed E-state index contributed by atoms with van der Waals surface area (Å²) in [6, 6.07) is 1.59. The van der Waals surface area contributed by atoms with E-state index in [2.05, 4.69) is 9.88 Å². The molecule has 20 heavy (non-hydrogen) atoms. The van der Waals surface area contributed by atoms with Crippen molar-refractivity contribution in [2.24, 2.45) is 0 Å². The fraction of sp³-hybridized carbons (Fsp3) is 0.462. The second kappa shape index (κ2) is 5.31. The van der Waals surface area contributed by atoms with E-state index in [0.717, 1.165) is 15.4 Å². The van der Waals surface area contributed by atoms with Gasteiger partial charge in [0.05, 0.1) is 11.3 Å². The maximum Gasteiger partial charge on any atom is 0.242 e. The lowest BCUT2D eigenvalue weighted by molar-refractivity contribution is 0.426. The van der Waals surface area contributed by atoms with E-state index in [9.17, 15) is 8.42 Å². The van der Waals surface area contributed by atoms with Gasteiger partial charge in [-0.3, -0.25) is 0 Å². The van der Waals surface area contributed by atoms with Crippen LogP contribution in [0.1, 0.15) is 29.3 Å². The third-order valence-electron chi connectivity index (χ3n) is 2.74. The molecule has 2 aromatic rings. The van der Waals surface area contributed by atoms with E-state index in [1.807, 2.05) is 13.8 Å². The second-order valence-electron chi connectivity index (χ2n) is 5.03. The van der Waals surface area contributed by atoms with E-state index in [0.29, 0.717) is 16.2 Å². The molecule has 0 aliphatic heterocycles. The molecule has 2 aromatic heterocycles. The van der Waals surface area contributed by atoms with Crippen molar-refractivity contribution >= 4 is 21.4 Å². The molecular formula is C13H18N2O3S2. The molecule has 0 aliphatic rings. The van der Waals surface area contributed by atoms with Crippen molar-refractivity contribution in [2.45, 2.75) is 45.6 Å². The van der Waals surface area contributed by atoms with Gasteiger partial charge in [-0.1, -0.05) is 5.16 Å². The summed E-state index contributed by atoms with van der Waals surface area (Å²) < 4.78 is 32.9. The molecule has 0 atom stereocenters. The highest BCUT2D eigenvalue weighted by Crippen LogP contribution is 2.39. The quantitative estimate of drug-likeness (QED) is 0.941. The lowest BCUT2D eigenvalue weighted by Gasteiger charge is -2.10. The second-order valence-corrected chi connectivity index (χ2v) is 8.11. The summed E-state index contributed by atoms with van der Waals surface area (Å²) in [5.74, 6) is 0.494. The SMILES string of the molecule is Cc1cc(-c2c(C)sc(C)c2S(=O)(=O)NC(C)C)on1.